The molecule has 0 aliphatic heterocycles. The molecule has 0 saturated heterocycles. The lowest BCUT2D eigenvalue weighted by Gasteiger charge is -2.04. The van der Waals surface area contributed by atoms with Crippen LogP contribution in [-0.4, -0.2) is 10.8 Å². The number of nitrogens with one attached hydrogen (secondary N) is 1. The van der Waals surface area contributed by atoms with Crippen molar-refractivity contribution in [1.29, 1.82) is 5.41 Å². The van der Waals surface area contributed by atoms with Crippen LogP contribution in [0.1, 0.15) is 46.8 Å². The highest BCUT2D eigenvalue weighted by Gasteiger charge is 2.30. The van der Waals surface area contributed by atoms with Gasteiger partial charge in [-0.05, 0) is 37.0 Å². The van der Waals surface area contributed by atoms with Crippen molar-refractivity contribution < 1.29 is 4.74 Å². The molecule has 110 valence electrons. The molecule has 0 amide bonds. The van der Waals surface area contributed by atoms with Gasteiger partial charge in [0, 0.05) is 5.92 Å². The highest BCUT2D eigenvalue weighted by molar-refractivity contribution is 7.13. The molecule has 3 rings (SSSR count). The molecule has 2 aromatic rings. The summed E-state index contributed by atoms with van der Waals surface area (Å²) in [6.45, 7) is 2.57. The standard InChI is InChI=1S/C16H19N3OS/c1-2-10-3-7-12(8-4-10)20-9-13-19-14(11-5-6-11)15(21-13)16(17)18/h3-4,7-8,11H,2,5-6,9H2,1H3,(H3,17,18). The highest BCUT2D eigenvalue weighted by Crippen LogP contribution is 2.42. The quantitative estimate of drug-likeness (QED) is 0.634. The third kappa shape index (κ3) is 3.24. The molecule has 4 nitrogen and oxygen atoms in total. The molecule has 1 heterocycles. The Bertz CT molecular complexity index is 644. The van der Waals surface area contributed by atoms with Crippen molar-refractivity contribution in [3.8, 4) is 5.75 Å². The fourth-order valence-corrected chi connectivity index (χ4v) is 3.16. The van der Waals surface area contributed by atoms with Gasteiger partial charge in [-0.15, -0.1) is 11.3 Å². The summed E-state index contributed by atoms with van der Waals surface area (Å²) < 4.78 is 5.78. The van der Waals surface area contributed by atoms with E-state index in [4.69, 9.17) is 15.9 Å². The molecule has 1 saturated carbocycles. The maximum Gasteiger partial charge on any atom is 0.140 e. The van der Waals surface area contributed by atoms with Crippen LogP contribution >= 0.6 is 11.3 Å². The molecule has 3 N–H and O–H groups in total. The molecule has 1 aromatic carbocycles. The molecular weight excluding hydrogens is 282 g/mol. The summed E-state index contributed by atoms with van der Waals surface area (Å²) >= 11 is 1.48. The van der Waals surface area contributed by atoms with E-state index in [1.165, 1.54) is 16.9 Å². The van der Waals surface area contributed by atoms with Crippen molar-refractivity contribution in [1.82, 2.24) is 4.98 Å². The molecule has 1 aliphatic rings. The molecule has 0 atom stereocenters. The molecule has 0 radical (unpaired) electrons. The number of ether oxygens (including phenoxy) is 1. The Balaban J connectivity index is 1.69. The van der Waals surface area contributed by atoms with Crippen LogP contribution in [0, 0.1) is 5.41 Å². The van der Waals surface area contributed by atoms with Crippen molar-refractivity contribution in [3.05, 3.63) is 45.4 Å². The molecule has 1 fully saturated rings. The van der Waals surface area contributed by atoms with Gasteiger partial charge < -0.3 is 10.5 Å². The number of nitrogen functional groups attached to an aromatic ring is 1. The topological polar surface area (TPSA) is 72.0 Å². The normalized spacial score (nSPS) is 14.1. The van der Waals surface area contributed by atoms with Crippen LogP contribution < -0.4 is 10.5 Å². The van der Waals surface area contributed by atoms with Gasteiger partial charge in [0.25, 0.3) is 0 Å². The van der Waals surface area contributed by atoms with E-state index in [1.807, 2.05) is 12.1 Å². The number of aromatic nitrogens is 1. The van der Waals surface area contributed by atoms with E-state index in [0.29, 0.717) is 12.5 Å². The molecule has 0 spiro atoms. The van der Waals surface area contributed by atoms with Gasteiger partial charge in [0.15, 0.2) is 0 Å². The Morgan fingerprint density at radius 3 is 2.67 bits per heavy atom. The second-order valence-corrected chi connectivity index (χ2v) is 6.38. The lowest BCUT2D eigenvalue weighted by Crippen LogP contribution is -2.11. The average molecular weight is 301 g/mol. The first kappa shape index (κ1) is 14.1. The van der Waals surface area contributed by atoms with Crippen molar-refractivity contribution in [2.45, 2.75) is 38.7 Å². The predicted octanol–water partition coefficient (Wildman–Crippen LogP) is 3.45. The second-order valence-electron chi connectivity index (χ2n) is 5.30. The van der Waals surface area contributed by atoms with Crippen LogP contribution in [0.2, 0.25) is 0 Å². The van der Waals surface area contributed by atoms with Gasteiger partial charge in [-0.3, -0.25) is 5.41 Å². The van der Waals surface area contributed by atoms with E-state index < -0.39 is 0 Å². The monoisotopic (exact) mass is 301 g/mol. The molecule has 1 aromatic heterocycles. The van der Waals surface area contributed by atoms with Crippen LogP contribution in [-0.2, 0) is 13.0 Å². The molecule has 5 heteroatoms. The number of rotatable bonds is 6. The third-order valence-electron chi connectivity index (χ3n) is 3.60. The van der Waals surface area contributed by atoms with Gasteiger partial charge in [-0.1, -0.05) is 19.1 Å². The predicted molar refractivity (Wildman–Crippen MR) is 85.3 cm³/mol. The molecule has 21 heavy (non-hydrogen) atoms. The van der Waals surface area contributed by atoms with E-state index in [1.54, 1.807) is 0 Å². The van der Waals surface area contributed by atoms with E-state index in [2.05, 4.69) is 24.0 Å². The van der Waals surface area contributed by atoms with Gasteiger partial charge in [-0.2, -0.15) is 0 Å². The Labute approximate surface area is 128 Å². The van der Waals surface area contributed by atoms with E-state index in [-0.39, 0.29) is 5.84 Å². The lowest BCUT2D eigenvalue weighted by molar-refractivity contribution is 0.305. The fraction of sp³-hybridized carbons (Fsp3) is 0.375. The Hall–Kier alpha value is -1.88. The van der Waals surface area contributed by atoms with Crippen LogP contribution in [0.4, 0.5) is 0 Å². The summed E-state index contributed by atoms with van der Waals surface area (Å²) in [5, 5.41) is 8.55. The molecular formula is C16H19N3OS. The van der Waals surface area contributed by atoms with E-state index >= 15 is 0 Å². The first-order chi connectivity index (χ1) is 10.2. The SMILES string of the molecule is CCc1ccc(OCc2nc(C3CC3)c(C(=N)N)s2)cc1. The molecule has 0 bridgehead atoms. The van der Waals surface area contributed by atoms with Gasteiger partial charge in [0.1, 0.15) is 23.2 Å². The summed E-state index contributed by atoms with van der Waals surface area (Å²) in [6.07, 6.45) is 3.34. The highest BCUT2D eigenvalue weighted by atomic mass is 32.1. The van der Waals surface area contributed by atoms with Crippen molar-refractivity contribution in [2.75, 3.05) is 0 Å². The molecule has 0 unspecified atom stereocenters. The number of hydrogen-bond acceptors (Lipinski definition) is 4. The number of thiazole rings is 1. The van der Waals surface area contributed by atoms with Crippen molar-refractivity contribution in [2.24, 2.45) is 5.73 Å². The summed E-state index contributed by atoms with van der Waals surface area (Å²) in [7, 11) is 0. The smallest absolute Gasteiger partial charge is 0.140 e. The number of nitrogens with two attached hydrogens (primary N) is 1. The van der Waals surface area contributed by atoms with Crippen LogP contribution in [0.5, 0.6) is 5.75 Å². The maximum absolute atomic E-state index is 7.66. The maximum atomic E-state index is 7.66. The second kappa shape index (κ2) is 5.85. The van der Waals surface area contributed by atoms with Gasteiger partial charge in [0.05, 0.1) is 10.6 Å². The van der Waals surface area contributed by atoms with Gasteiger partial charge in [0.2, 0.25) is 0 Å². The number of hydrogen-bond donors (Lipinski definition) is 2. The van der Waals surface area contributed by atoms with Gasteiger partial charge >= 0.3 is 0 Å². The minimum absolute atomic E-state index is 0.118. The van der Waals surface area contributed by atoms with E-state index in [9.17, 15) is 0 Å². The largest absolute Gasteiger partial charge is 0.486 e. The third-order valence-corrected chi connectivity index (χ3v) is 4.68. The summed E-state index contributed by atoms with van der Waals surface area (Å²) in [4.78, 5) is 5.43. The van der Waals surface area contributed by atoms with Crippen molar-refractivity contribution >= 4 is 17.2 Å². The fourth-order valence-electron chi connectivity index (χ4n) is 2.23. The Morgan fingerprint density at radius 2 is 2.10 bits per heavy atom. The van der Waals surface area contributed by atoms with Crippen LogP contribution in [0.3, 0.4) is 0 Å². The summed E-state index contributed by atoms with van der Waals surface area (Å²) in [5.74, 6) is 1.46. The first-order valence-corrected chi connectivity index (χ1v) is 8.04. The summed E-state index contributed by atoms with van der Waals surface area (Å²) in [6, 6.07) is 8.13. The van der Waals surface area contributed by atoms with Crippen molar-refractivity contribution in [3.63, 3.8) is 0 Å². The Kier molecular flexibility index (Phi) is 3.92. The van der Waals surface area contributed by atoms with Crippen LogP contribution in [0.25, 0.3) is 0 Å². The number of amidine groups is 1. The van der Waals surface area contributed by atoms with E-state index in [0.717, 1.165) is 40.6 Å². The number of aryl methyl sites for hydroxylation is 1. The zero-order chi connectivity index (χ0) is 14.8. The average Bonchev–Trinajstić information content (AvgIpc) is 3.25. The first-order valence-electron chi connectivity index (χ1n) is 7.23. The number of benzene rings is 1. The number of nitrogens with zero attached hydrogens (tertiary/aromatic N) is 1. The van der Waals surface area contributed by atoms with Crippen LogP contribution in [0.15, 0.2) is 24.3 Å². The van der Waals surface area contributed by atoms with Gasteiger partial charge in [-0.25, -0.2) is 4.98 Å². The minimum atomic E-state index is 0.118. The Morgan fingerprint density at radius 1 is 1.38 bits per heavy atom. The molecule has 1 aliphatic carbocycles. The lowest BCUT2D eigenvalue weighted by atomic mass is 10.2. The minimum Gasteiger partial charge on any atom is -0.486 e. The summed E-state index contributed by atoms with van der Waals surface area (Å²) in [5.41, 5.74) is 7.94. The zero-order valence-electron chi connectivity index (χ0n) is 12.1. The zero-order valence-corrected chi connectivity index (χ0v) is 12.9.